The maximum Gasteiger partial charge on any atom is 0.217 e. The average molecular weight is 226 g/mol. The molecule has 0 amide bonds. The van der Waals surface area contributed by atoms with Gasteiger partial charge in [-0.3, -0.25) is 0 Å². The molecule has 0 aliphatic rings. The molecule has 0 aromatic carbocycles. The molecule has 1 unspecified atom stereocenters. The Morgan fingerprint density at radius 1 is 1.60 bits per heavy atom. The lowest BCUT2D eigenvalue weighted by Crippen LogP contribution is -2.12. The van der Waals surface area contributed by atoms with Crippen LogP contribution in [0.25, 0.3) is 0 Å². The number of rotatable bonds is 6. The van der Waals surface area contributed by atoms with Crippen LogP contribution in [0.15, 0.2) is 18.3 Å². The van der Waals surface area contributed by atoms with Gasteiger partial charge in [-0.2, -0.15) is 11.8 Å². The Balaban J connectivity index is 2.43. The normalized spacial score (nSPS) is 12.5. The third kappa shape index (κ3) is 4.10. The van der Waals surface area contributed by atoms with Gasteiger partial charge < -0.3 is 10.5 Å². The third-order valence-corrected chi connectivity index (χ3v) is 3.43. The van der Waals surface area contributed by atoms with E-state index in [0.717, 1.165) is 29.5 Å². The molecule has 0 bridgehead atoms. The van der Waals surface area contributed by atoms with Crippen molar-refractivity contribution in [2.45, 2.75) is 12.7 Å². The largest absolute Gasteiger partial charge is 0.481 e. The van der Waals surface area contributed by atoms with Crippen molar-refractivity contribution in [2.75, 3.05) is 19.4 Å². The highest BCUT2D eigenvalue weighted by molar-refractivity contribution is 7.98. The van der Waals surface area contributed by atoms with Gasteiger partial charge in [0.25, 0.3) is 0 Å². The molecule has 0 fully saturated rings. The molecular weight excluding hydrogens is 208 g/mol. The summed E-state index contributed by atoms with van der Waals surface area (Å²) in [4.78, 5) is 4.15. The predicted molar refractivity (Wildman–Crippen MR) is 65.2 cm³/mol. The Kier molecular flexibility index (Phi) is 5.50. The van der Waals surface area contributed by atoms with Crippen molar-refractivity contribution in [1.82, 2.24) is 4.98 Å². The van der Waals surface area contributed by atoms with Crippen LogP contribution in [0.3, 0.4) is 0 Å². The second kappa shape index (κ2) is 6.69. The van der Waals surface area contributed by atoms with Gasteiger partial charge in [-0.15, -0.1) is 0 Å². The fourth-order valence-corrected chi connectivity index (χ4v) is 2.25. The quantitative estimate of drug-likeness (QED) is 0.805. The van der Waals surface area contributed by atoms with Crippen LogP contribution < -0.4 is 10.5 Å². The van der Waals surface area contributed by atoms with Gasteiger partial charge in [0.1, 0.15) is 0 Å². The maximum atomic E-state index is 5.56. The molecule has 1 rings (SSSR count). The van der Waals surface area contributed by atoms with E-state index < -0.39 is 0 Å². The summed E-state index contributed by atoms with van der Waals surface area (Å²) in [6.07, 6.45) is 1.75. The van der Waals surface area contributed by atoms with Crippen LogP contribution in [0.4, 0.5) is 0 Å². The SMILES string of the molecule is COc1ncccc1CSCC(C)CN. The lowest BCUT2D eigenvalue weighted by Gasteiger charge is -2.09. The van der Waals surface area contributed by atoms with Gasteiger partial charge in [0.05, 0.1) is 7.11 Å². The van der Waals surface area contributed by atoms with Crippen molar-refractivity contribution in [1.29, 1.82) is 0 Å². The molecule has 1 heterocycles. The summed E-state index contributed by atoms with van der Waals surface area (Å²) in [5, 5.41) is 0. The van der Waals surface area contributed by atoms with Crippen molar-refractivity contribution < 1.29 is 4.74 Å². The maximum absolute atomic E-state index is 5.56. The molecule has 15 heavy (non-hydrogen) atoms. The smallest absolute Gasteiger partial charge is 0.217 e. The standard InChI is InChI=1S/C11H18N2OS/c1-9(6-12)7-15-8-10-4-3-5-13-11(10)14-2/h3-5,9H,6-8,12H2,1-2H3. The van der Waals surface area contributed by atoms with Crippen LogP contribution in [0.5, 0.6) is 5.88 Å². The number of pyridine rings is 1. The molecule has 3 nitrogen and oxygen atoms in total. The zero-order valence-electron chi connectivity index (χ0n) is 9.27. The molecule has 2 N–H and O–H groups in total. The summed E-state index contributed by atoms with van der Waals surface area (Å²) < 4.78 is 5.18. The number of hydrogen-bond acceptors (Lipinski definition) is 4. The Bertz CT molecular complexity index is 294. The van der Waals surface area contributed by atoms with E-state index in [9.17, 15) is 0 Å². The highest BCUT2D eigenvalue weighted by Crippen LogP contribution is 2.21. The fourth-order valence-electron chi connectivity index (χ4n) is 1.16. The number of thioether (sulfide) groups is 1. The minimum atomic E-state index is 0.567. The highest BCUT2D eigenvalue weighted by Gasteiger charge is 2.04. The minimum Gasteiger partial charge on any atom is -0.481 e. The van der Waals surface area contributed by atoms with Crippen LogP contribution in [-0.2, 0) is 5.75 Å². The van der Waals surface area contributed by atoms with Gasteiger partial charge in [0.2, 0.25) is 5.88 Å². The van der Waals surface area contributed by atoms with Crippen LogP contribution in [-0.4, -0.2) is 24.4 Å². The molecule has 1 aromatic rings. The number of ether oxygens (including phenoxy) is 1. The number of nitrogens with zero attached hydrogens (tertiary/aromatic N) is 1. The number of aromatic nitrogens is 1. The number of nitrogens with two attached hydrogens (primary N) is 1. The highest BCUT2D eigenvalue weighted by atomic mass is 32.2. The Morgan fingerprint density at radius 2 is 2.40 bits per heavy atom. The molecule has 0 radical (unpaired) electrons. The fraction of sp³-hybridized carbons (Fsp3) is 0.545. The number of methoxy groups -OCH3 is 1. The van der Waals surface area contributed by atoms with E-state index in [1.165, 1.54) is 0 Å². The molecule has 0 spiro atoms. The second-order valence-corrected chi connectivity index (χ2v) is 4.56. The lowest BCUT2D eigenvalue weighted by atomic mass is 10.2. The Morgan fingerprint density at radius 3 is 3.07 bits per heavy atom. The first-order valence-corrected chi connectivity index (χ1v) is 6.19. The van der Waals surface area contributed by atoms with E-state index in [1.807, 2.05) is 23.9 Å². The van der Waals surface area contributed by atoms with Crippen LogP contribution in [0.2, 0.25) is 0 Å². The van der Waals surface area contributed by atoms with Gasteiger partial charge in [-0.05, 0) is 24.3 Å². The molecule has 0 saturated carbocycles. The summed E-state index contributed by atoms with van der Waals surface area (Å²) in [6, 6.07) is 3.98. The summed E-state index contributed by atoms with van der Waals surface area (Å²) in [6.45, 7) is 2.91. The van der Waals surface area contributed by atoms with Gasteiger partial charge in [0, 0.05) is 17.5 Å². The van der Waals surface area contributed by atoms with Crippen molar-refractivity contribution in [3.05, 3.63) is 23.9 Å². The Labute approximate surface area is 95.4 Å². The van der Waals surface area contributed by atoms with E-state index in [0.29, 0.717) is 5.92 Å². The molecule has 0 saturated heterocycles. The van der Waals surface area contributed by atoms with E-state index in [4.69, 9.17) is 10.5 Å². The molecule has 4 heteroatoms. The zero-order chi connectivity index (χ0) is 11.1. The molecule has 1 atom stereocenters. The first-order chi connectivity index (χ1) is 7.27. The van der Waals surface area contributed by atoms with Crippen LogP contribution in [0.1, 0.15) is 12.5 Å². The van der Waals surface area contributed by atoms with Gasteiger partial charge >= 0.3 is 0 Å². The van der Waals surface area contributed by atoms with Crippen LogP contribution >= 0.6 is 11.8 Å². The van der Waals surface area contributed by atoms with Gasteiger partial charge in [0.15, 0.2) is 0 Å². The summed E-state index contributed by atoms with van der Waals surface area (Å²) >= 11 is 1.87. The zero-order valence-corrected chi connectivity index (χ0v) is 10.1. The Hall–Kier alpha value is -0.740. The molecule has 84 valence electrons. The van der Waals surface area contributed by atoms with Crippen molar-refractivity contribution in [2.24, 2.45) is 11.7 Å². The first kappa shape index (κ1) is 12.3. The summed E-state index contributed by atoms with van der Waals surface area (Å²) in [7, 11) is 1.65. The van der Waals surface area contributed by atoms with E-state index >= 15 is 0 Å². The molecule has 0 aliphatic carbocycles. The second-order valence-electron chi connectivity index (χ2n) is 3.53. The average Bonchev–Trinajstić information content (AvgIpc) is 2.29. The van der Waals surface area contributed by atoms with Crippen LogP contribution in [0, 0.1) is 5.92 Å². The van der Waals surface area contributed by atoms with Crippen molar-refractivity contribution in [3.63, 3.8) is 0 Å². The van der Waals surface area contributed by atoms with Crippen molar-refractivity contribution >= 4 is 11.8 Å². The van der Waals surface area contributed by atoms with Crippen molar-refractivity contribution in [3.8, 4) is 5.88 Å². The number of hydrogen-bond donors (Lipinski definition) is 1. The third-order valence-electron chi connectivity index (χ3n) is 2.11. The monoisotopic (exact) mass is 226 g/mol. The van der Waals surface area contributed by atoms with E-state index in [2.05, 4.69) is 11.9 Å². The molecular formula is C11H18N2OS. The summed E-state index contributed by atoms with van der Waals surface area (Å²) in [5.74, 6) is 3.30. The summed E-state index contributed by atoms with van der Waals surface area (Å²) in [5.41, 5.74) is 6.70. The topological polar surface area (TPSA) is 48.1 Å². The molecule has 1 aromatic heterocycles. The van der Waals surface area contributed by atoms with Gasteiger partial charge in [-0.1, -0.05) is 13.0 Å². The van der Waals surface area contributed by atoms with E-state index in [1.54, 1.807) is 13.3 Å². The minimum absolute atomic E-state index is 0.567. The first-order valence-electron chi connectivity index (χ1n) is 5.03. The predicted octanol–water partition coefficient (Wildman–Crippen LogP) is 1.92. The van der Waals surface area contributed by atoms with E-state index in [-0.39, 0.29) is 0 Å². The lowest BCUT2D eigenvalue weighted by molar-refractivity contribution is 0.394. The molecule has 0 aliphatic heterocycles. The van der Waals surface area contributed by atoms with Gasteiger partial charge in [-0.25, -0.2) is 4.98 Å².